The van der Waals surface area contributed by atoms with E-state index in [1.807, 2.05) is 42.2 Å². The van der Waals surface area contributed by atoms with Crippen molar-refractivity contribution in [3.8, 4) is 0 Å². The Labute approximate surface area is 178 Å². The number of carbonyl (C=O) groups is 1. The summed E-state index contributed by atoms with van der Waals surface area (Å²) in [6.45, 7) is 8.03. The molecule has 0 unspecified atom stereocenters. The molecule has 1 saturated heterocycles. The number of halogens is 1. The van der Waals surface area contributed by atoms with Crippen molar-refractivity contribution >= 4 is 17.6 Å². The van der Waals surface area contributed by atoms with Gasteiger partial charge in [-0.3, -0.25) is 4.90 Å². The topological polar surface area (TPSA) is 44.8 Å². The smallest absolute Gasteiger partial charge is 0.317 e. The summed E-state index contributed by atoms with van der Waals surface area (Å²) in [5, 5.41) is 3.84. The molecule has 1 aliphatic rings. The average Bonchev–Trinajstić information content (AvgIpc) is 2.98. The van der Waals surface area contributed by atoms with E-state index in [0.717, 1.165) is 55.3 Å². The van der Waals surface area contributed by atoms with Gasteiger partial charge in [-0.1, -0.05) is 48.0 Å². The highest BCUT2D eigenvalue weighted by Crippen LogP contribution is 2.14. The molecule has 5 nitrogen and oxygen atoms in total. The van der Waals surface area contributed by atoms with E-state index in [1.54, 1.807) is 0 Å². The van der Waals surface area contributed by atoms with Crippen LogP contribution in [0.25, 0.3) is 0 Å². The van der Waals surface area contributed by atoms with Gasteiger partial charge in [0.05, 0.1) is 6.61 Å². The molecule has 156 valence electrons. The standard InChI is InChI=1S/C23H30ClN3O2/c1-2-29-18-21-7-4-3-6-20(21)16-25-23(28)27-13-5-12-26(14-15-27)17-19-8-10-22(24)11-9-19/h3-4,6-11H,2,5,12-18H2,1H3,(H,25,28). The molecule has 0 radical (unpaired) electrons. The van der Waals surface area contributed by atoms with Gasteiger partial charge in [0.25, 0.3) is 0 Å². The highest BCUT2D eigenvalue weighted by atomic mass is 35.5. The average molecular weight is 416 g/mol. The molecule has 0 atom stereocenters. The number of urea groups is 1. The van der Waals surface area contributed by atoms with Gasteiger partial charge >= 0.3 is 6.03 Å². The Morgan fingerprint density at radius 3 is 2.55 bits per heavy atom. The van der Waals surface area contributed by atoms with Crippen LogP contribution in [0.15, 0.2) is 48.5 Å². The maximum Gasteiger partial charge on any atom is 0.317 e. The molecular formula is C23H30ClN3O2. The summed E-state index contributed by atoms with van der Waals surface area (Å²) in [5.74, 6) is 0. The van der Waals surface area contributed by atoms with Crippen LogP contribution in [0.4, 0.5) is 4.79 Å². The molecule has 3 rings (SSSR count). The normalized spacial score (nSPS) is 15.2. The van der Waals surface area contributed by atoms with Gasteiger partial charge in [-0.2, -0.15) is 0 Å². The van der Waals surface area contributed by atoms with E-state index in [9.17, 15) is 4.79 Å². The lowest BCUT2D eigenvalue weighted by Crippen LogP contribution is -2.41. The molecule has 1 fully saturated rings. The largest absolute Gasteiger partial charge is 0.377 e. The number of carbonyl (C=O) groups excluding carboxylic acids is 1. The minimum Gasteiger partial charge on any atom is -0.377 e. The molecular weight excluding hydrogens is 386 g/mol. The molecule has 6 heteroatoms. The number of hydrogen-bond acceptors (Lipinski definition) is 3. The molecule has 29 heavy (non-hydrogen) atoms. The summed E-state index contributed by atoms with van der Waals surface area (Å²) in [6.07, 6.45) is 0.974. The summed E-state index contributed by atoms with van der Waals surface area (Å²) < 4.78 is 5.53. The van der Waals surface area contributed by atoms with Crippen molar-refractivity contribution in [1.82, 2.24) is 15.1 Å². The molecule has 1 aliphatic heterocycles. The molecule has 2 aromatic rings. The molecule has 0 spiro atoms. The first kappa shape index (κ1) is 21.6. The van der Waals surface area contributed by atoms with Crippen molar-refractivity contribution in [3.05, 3.63) is 70.2 Å². The van der Waals surface area contributed by atoms with Gasteiger partial charge in [0.15, 0.2) is 0 Å². The summed E-state index contributed by atoms with van der Waals surface area (Å²) in [4.78, 5) is 17.0. The number of nitrogens with zero attached hydrogens (tertiary/aromatic N) is 2. The molecule has 0 bridgehead atoms. The van der Waals surface area contributed by atoms with Crippen molar-refractivity contribution in [1.29, 1.82) is 0 Å². The zero-order valence-corrected chi connectivity index (χ0v) is 17.8. The fraction of sp³-hybridized carbons (Fsp3) is 0.435. The fourth-order valence-electron chi connectivity index (χ4n) is 3.55. The van der Waals surface area contributed by atoms with Crippen LogP contribution < -0.4 is 5.32 Å². The van der Waals surface area contributed by atoms with E-state index in [1.165, 1.54) is 5.56 Å². The van der Waals surface area contributed by atoms with Gasteiger partial charge in [-0.05, 0) is 42.2 Å². The number of ether oxygens (including phenoxy) is 1. The third-order valence-electron chi connectivity index (χ3n) is 5.21. The van der Waals surface area contributed by atoms with Gasteiger partial charge in [0.1, 0.15) is 0 Å². The van der Waals surface area contributed by atoms with Crippen LogP contribution in [0.5, 0.6) is 0 Å². The van der Waals surface area contributed by atoms with Crippen molar-refractivity contribution < 1.29 is 9.53 Å². The van der Waals surface area contributed by atoms with Crippen LogP contribution in [-0.2, 0) is 24.4 Å². The lowest BCUT2D eigenvalue weighted by molar-refractivity contribution is 0.133. The quantitative estimate of drug-likeness (QED) is 0.733. The van der Waals surface area contributed by atoms with E-state index in [2.05, 4.69) is 28.4 Å². The monoisotopic (exact) mass is 415 g/mol. The maximum absolute atomic E-state index is 12.7. The summed E-state index contributed by atoms with van der Waals surface area (Å²) in [7, 11) is 0. The van der Waals surface area contributed by atoms with Crippen LogP contribution in [0.1, 0.15) is 30.0 Å². The van der Waals surface area contributed by atoms with Crippen LogP contribution in [0, 0.1) is 0 Å². The van der Waals surface area contributed by atoms with Gasteiger partial charge in [-0.25, -0.2) is 4.79 Å². The van der Waals surface area contributed by atoms with Gasteiger partial charge < -0.3 is 15.0 Å². The van der Waals surface area contributed by atoms with Gasteiger partial charge in [0, 0.05) is 50.9 Å². The highest BCUT2D eigenvalue weighted by molar-refractivity contribution is 6.30. The van der Waals surface area contributed by atoms with E-state index in [-0.39, 0.29) is 6.03 Å². The first-order valence-corrected chi connectivity index (χ1v) is 10.7. The maximum atomic E-state index is 12.7. The molecule has 0 aliphatic carbocycles. The predicted octanol–water partition coefficient (Wildman–Crippen LogP) is 4.29. The van der Waals surface area contributed by atoms with E-state index < -0.39 is 0 Å². The molecule has 2 amide bonds. The van der Waals surface area contributed by atoms with E-state index >= 15 is 0 Å². The fourth-order valence-corrected chi connectivity index (χ4v) is 3.67. The molecule has 1 N–H and O–H groups in total. The Bertz CT molecular complexity index is 782. The molecule has 0 aromatic heterocycles. The van der Waals surface area contributed by atoms with Crippen molar-refractivity contribution in [2.45, 2.75) is 33.0 Å². The Kier molecular flexibility index (Phi) is 8.35. The second-order valence-electron chi connectivity index (χ2n) is 7.31. The number of nitrogens with one attached hydrogen (secondary N) is 1. The third kappa shape index (κ3) is 6.74. The van der Waals surface area contributed by atoms with Crippen LogP contribution in [0.2, 0.25) is 5.02 Å². The van der Waals surface area contributed by atoms with Crippen molar-refractivity contribution in [2.24, 2.45) is 0 Å². The lowest BCUT2D eigenvalue weighted by Gasteiger charge is -2.22. The lowest BCUT2D eigenvalue weighted by atomic mass is 10.1. The molecule has 1 heterocycles. The summed E-state index contributed by atoms with van der Waals surface area (Å²) >= 11 is 5.97. The van der Waals surface area contributed by atoms with Crippen LogP contribution in [0.3, 0.4) is 0 Å². The Hall–Kier alpha value is -2.08. The van der Waals surface area contributed by atoms with E-state index in [0.29, 0.717) is 19.8 Å². The second kappa shape index (κ2) is 11.2. The van der Waals surface area contributed by atoms with Crippen LogP contribution >= 0.6 is 11.6 Å². The Morgan fingerprint density at radius 1 is 1.03 bits per heavy atom. The SMILES string of the molecule is CCOCc1ccccc1CNC(=O)N1CCCN(Cc2ccc(Cl)cc2)CC1. The minimum atomic E-state index is 0.00422. The first-order valence-electron chi connectivity index (χ1n) is 10.3. The molecule has 0 saturated carbocycles. The summed E-state index contributed by atoms with van der Waals surface area (Å²) in [6, 6.07) is 16.1. The Morgan fingerprint density at radius 2 is 1.79 bits per heavy atom. The third-order valence-corrected chi connectivity index (χ3v) is 5.46. The van der Waals surface area contributed by atoms with E-state index in [4.69, 9.17) is 16.3 Å². The van der Waals surface area contributed by atoms with Crippen LogP contribution in [-0.4, -0.2) is 48.6 Å². The van der Waals surface area contributed by atoms with Crippen molar-refractivity contribution in [2.75, 3.05) is 32.8 Å². The zero-order chi connectivity index (χ0) is 20.5. The number of benzene rings is 2. The number of rotatable bonds is 7. The zero-order valence-electron chi connectivity index (χ0n) is 17.1. The predicted molar refractivity (Wildman–Crippen MR) is 117 cm³/mol. The summed E-state index contributed by atoms with van der Waals surface area (Å²) in [5.41, 5.74) is 3.48. The number of hydrogen-bond donors (Lipinski definition) is 1. The first-order chi connectivity index (χ1) is 14.2. The second-order valence-corrected chi connectivity index (χ2v) is 7.74. The Balaban J connectivity index is 1.49. The van der Waals surface area contributed by atoms with Crippen molar-refractivity contribution in [3.63, 3.8) is 0 Å². The number of amides is 2. The highest BCUT2D eigenvalue weighted by Gasteiger charge is 2.19. The van der Waals surface area contributed by atoms with Gasteiger partial charge in [0.2, 0.25) is 0 Å². The van der Waals surface area contributed by atoms with Gasteiger partial charge in [-0.15, -0.1) is 0 Å². The molecule has 2 aromatic carbocycles. The minimum absolute atomic E-state index is 0.00422.